The molecule has 0 amide bonds. The van der Waals surface area contributed by atoms with Crippen LogP contribution in [0.2, 0.25) is 0 Å². The van der Waals surface area contributed by atoms with Gasteiger partial charge in [-0.3, -0.25) is 15.1 Å². The standard InChI is InChI=1S/C19H15F2N5/c1-10-11(2)24-17(13-7-12(20)3-4-14(13)21)8-16(10)25-15-5-6-22-18-9-23-26-19(15)18/h3-9H,1-2H3,(H,23,26)(H,22,24,25). The monoisotopic (exact) mass is 351 g/mol. The van der Waals surface area contributed by atoms with Crippen molar-refractivity contribution in [2.45, 2.75) is 13.8 Å². The van der Waals surface area contributed by atoms with Gasteiger partial charge in [0.05, 0.1) is 17.6 Å². The van der Waals surface area contributed by atoms with Gasteiger partial charge in [-0.1, -0.05) is 0 Å². The number of H-pyrrole nitrogens is 1. The molecule has 0 spiro atoms. The minimum atomic E-state index is -0.520. The molecule has 0 aliphatic rings. The Morgan fingerprint density at radius 1 is 1.04 bits per heavy atom. The molecule has 1 aromatic carbocycles. The number of benzene rings is 1. The van der Waals surface area contributed by atoms with Crippen molar-refractivity contribution in [2.24, 2.45) is 0 Å². The average molecular weight is 351 g/mol. The van der Waals surface area contributed by atoms with Crippen molar-refractivity contribution >= 4 is 22.4 Å². The predicted molar refractivity (Wildman–Crippen MR) is 96.2 cm³/mol. The average Bonchev–Trinajstić information content (AvgIpc) is 3.10. The molecule has 7 heteroatoms. The number of halogens is 2. The summed E-state index contributed by atoms with van der Waals surface area (Å²) in [5.74, 6) is -1.03. The highest BCUT2D eigenvalue weighted by Gasteiger charge is 2.13. The molecule has 0 unspecified atom stereocenters. The molecule has 0 aliphatic heterocycles. The lowest BCUT2D eigenvalue weighted by atomic mass is 10.1. The maximum Gasteiger partial charge on any atom is 0.132 e. The number of aromatic amines is 1. The minimum absolute atomic E-state index is 0.123. The van der Waals surface area contributed by atoms with Gasteiger partial charge >= 0.3 is 0 Å². The van der Waals surface area contributed by atoms with Crippen LogP contribution in [0.3, 0.4) is 0 Å². The number of nitrogens with one attached hydrogen (secondary N) is 2. The lowest BCUT2D eigenvalue weighted by Crippen LogP contribution is -2.01. The highest BCUT2D eigenvalue weighted by molar-refractivity contribution is 5.89. The van der Waals surface area contributed by atoms with E-state index in [0.717, 1.165) is 51.9 Å². The third-order valence-corrected chi connectivity index (χ3v) is 4.33. The first kappa shape index (κ1) is 16.1. The number of aromatic nitrogens is 4. The number of nitrogens with zero attached hydrogens (tertiary/aromatic N) is 3. The maximum absolute atomic E-state index is 14.2. The van der Waals surface area contributed by atoms with Crippen LogP contribution in [0.5, 0.6) is 0 Å². The Morgan fingerprint density at radius 2 is 1.88 bits per heavy atom. The number of hydrogen-bond acceptors (Lipinski definition) is 4. The molecule has 0 saturated carbocycles. The van der Waals surface area contributed by atoms with Crippen molar-refractivity contribution in [2.75, 3.05) is 5.32 Å². The van der Waals surface area contributed by atoms with Crippen molar-refractivity contribution in [1.82, 2.24) is 20.2 Å². The number of hydrogen-bond donors (Lipinski definition) is 2. The number of anilines is 2. The first-order valence-electron chi connectivity index (χ1n) is 8.01. The Labute approximate surface area is 148 Å². The normalized spacial score (nSPS) is 11.1. The summed E-state index contributed by atoms with van der Waals surface area (Å²) in [6.07, 6.45) is 3.31. The van der Waals surface area contributed by atoms with Gasteiger partial charge in [0.1, 0.15) is 22.7 Å². The lowest BCUT2D eigenvalue weighted by molar-refractivity contribution is 0.602. The molecule has 0 bridgehead atoms. The van der Waals surface area contributed by atoms with Crippen LogP contribution in [0.15, 0.2) is 42.7 Å². The van der Waals surface area contributed by atoms with Gasteiger partial charge in [-0.2, -0.15) is 5.10 Å². The molecule has 3 aromatic heterocycles. The summed E-state index contributed by atoms with van der Waals surface area (Å²) in [4.78, 5) is 8.65. The van der Waals surface area contributed by atoms with Gasteiger partial charge < -0.3 is 5.32 Å². The van der Waals surface area contributed by atoms with Crippen LogP contribution in [0, 0.1) is 25.5 Å². The number of fused-ring (bicyclic) bond motifs is 1. The molecular formula is C19H15F2N5. The zero-order valence-corrected chi connectivity index (χ0v) is 14.1. The van der Waals surface area contributed by atoms with E-state index in [1.165, 1.54) is 0 Å². The Hall–Kier alpha value is -3.35. The molecule has 130 valence electrons. The van der Waals surface area contributed by atoms with E-state index in [0.29, 0.717) is 5.69 Å². The highest BCUT2D eigenvalue weighted by atomic mass is 19.1. The van der Waals surface area contributed by atoms with Gasteiger partial charge in [-0.15, -0.1) is 0 Å². The summed E-state index contributed by atoms with van der Waals surface area (Å²) in [6.45, 7) is 3.75. The Balaban J connectivity index is 1.83. The topological polar surface area (TPSA) is 66.5 Å². The molecule has 0 fully saturated rings. The molecule has 0 aliphatic carbocycles. The second-order valence-electron chi connectivity index (χ2n) is 6.00. The van der Waals surface area contributed by atoms with Crippen LogP contribution < -0.4 is 5.32 Å². The van der Waals surface area contributed by atoms with Crippen molar-refractivity contribution < 1.29 is 8.78 Å². The van der Waals surface area contributed by atoms with Crippen molar-refractivity contribution in [3.05, 3.63) is 65.6 Å². The number of aryl methyl sites for hydroxylation is 1. The van der Waals surface area contributed by atoms with E-state index in [1.54, 1.807) is 18.5 Å². The van der Waals surface area contributed by atoms with E-state index >= 15 is 0 Å². The van der Waals surface area contributed by atoms with Crippen molar-refractivity contribution in [1.29, 1.82) is 0 Å². The van der Waals surface area contributed by atoms with Gasteiger partial charge in [0, 0.05) is 23.1 Å². The van der Waals surface area contributed by atoms with E-state index in [2.05, 4.69) is 25.5 Å². The van der Waals surface area contributed by atoms with E-state index in [1.807, 2.05) is 19.9 Å². The highest BCUT2D eigenvalue weighted by Crippen LogP contribution is 2.31. The Kier molecular flexibility index (Phi) is 3.84. The first-order chi connectivity index (χ1) is 12.5. The minimum Gasteiger partial charge on any atom is -0.353 e. The van der Waals surface area contributed by atoms with Crippen LogP contribution >= 0.6 is 0 Å². The smallest absolute Gasteiger partial charge is 0.132 e. The molecule has 3 heterocycles. The van der Waals surface area contributed by atoms with Crippen LogP contribution in [0.4, 0.5) is 20.2 Å². The largest absolute Gasteiger partial charge is 0.353 e. The number of pyridine rings is 2. The molecule has 4 aromatic rings. The van der Waals surface area contributed by atoms with Gasteiger partial charge in [0.15, 0.2) is 0 Å². The summed E-state index contributed by atoms with van der Waals surface area (Å²) in [6, 6.07) is 6.87. The fraction of sp³-hybridized carbons (Fsp3) is 0.105. The maximum atomic E-state index is 14.2. The van der Waals surface area contributed by atoms with Gasteiger partial charge in [0.2, 0.25) is 0 Å². The summed E-state index contributed by atoms with van der Waals surface area (Å²) >= 11 is 0. The van der Waals surface area contributed by atoms with E-state index in [9.17, 15) is 8.78 Å². The fourth-order valence-corrected chi connectivity index (χ4v) is 2.80. The molecule has 2 N–H and O–H groups in total. The molecule has 0 radical (unpaired) electrons. The van der Waals surface area contributed by atoms with Gasteiger partial charge in [0.25, 0.3) is 0 Å². The molecular weight excluding hydrogens is 336 g/mol. The zero-order chi connectivity index (χ0) is 18.3. The van der Waals surface area contributed by atoms with Crippen LogP contribution in [-0.4, -0.2) is 20.2 Å². The Morgan fingerprint density at radius 3 is 2.73 bits per heavy atom. The summed E-state index contributed by atoms with van der Waals surface area (Å²) in [7, 11) is 0. The molecule has 0 atom stereocenters. The first-order valence-corrected chi connectivity index (χ1v) is 8.01. The third-order valence-electron chi connectivity index (χ3n) is 4.33. The van der Waals surface area contributed by atoms with Crippen LogP contribution in [-0.2, 0) is 0 Å². The molecule has 0 saturated heterocycles. The molecule has 5 nitrogen and oxygen atoms in total. The van der Waals surface area contributed by atoms with E-state index in [-0.39, 0.29) is 5.56 Å². The predicted octanol–water partition coefficient (Wildman–Crippen LogP) is 4.66. The van der Waals surface area contributed by atoms with Crippen LogP contribution in [0.25, 0.3) is 22.3 Å². The van der Waals surface area contributed by atoms with E-state index in [4.69, 9.17) is 0 Å². The van der Waals surface area contributed by atoms with Crippen molar-refractivity contribution in [3.63, 3.8) is 0 Å². The van der Waals surface area contributed by atoms with E-state index < -0.39 is 11.6 Å². The quantitative estimate of drug-likeness (QED) is 0.563. The summed E-state index contributed by atoms with van der Waals surface area (Å²) in [5, 5.41) is 10.2. The summed E-state index contributed by atoms with van der Waals surface area (Å²) in [5.41, 5.74) is 5.15. The second kappa shape index (κ2) is 6.18. The molecule has 4 rings (SSSR count). The molecule has 26 heavy (non-hydrogen) atoms. The van der Waals surface area contributed by atoms with Gasteiger partial charge in [-0.25, -0.2) is 8.78 Å². The lowest BCUT2D eigenvalue weighted by Gasteiger charge is -2.14. The Bertz CT molecular complexity index is 1120. The summed E-state index contributed by atoms with van der Waals surface area (Å²) < 4.78 is 27.7. The third kappa shape index (κ3) is 2.77. The van der Waals surface area contributed by atoms with Crippen LogP contribution in [0.1, 0.15) is 11.3 Å². The second-order valence-corrected chi connectivity index (χ2v) is 6.00. The van der Waals surface area contributed by atoms with Crippen molar-refractivity contribution in [3.8, 4) is 11.3 Å². The fourth-order valence-electron chi connectivity index (χ4n) is 2.80. The van der Waals surface area contributed by atoms with Gasteiger partial charge in [-0.05, 0) is 49.7 Å². The zero-order valence-electron chi connectivity index (χ0n) is 14.1. The number of rotatable bonds is 3. The SMILES string of the molecule is Cc1nc(-c2cc(F)ccc2F)cc(Nc2ccnc3cn[nH]c23)c1C.